The zero-order chi connectivity index (χ0) is 13.1. The summed E-state index contributed by atoms with van der Waals surface area (Å²) < 4.78 is 0. The van der Waals surface area contributed by atoms with Crippen LogP contribution in [-0.2, 0) is 16.8 Å². The molecule has 0 spiro atoms. The Bertz CT molecular complexity index is 265. The number of hydrogen-bond acceptors (Lipinski definition) is 8. The van der Waals surface area contributed by atoms with Crippen molar-refractivity contribution in [3.63, 3.8) is 0 Å². The van der Waals surface area contributed by atoms with E-state index >= 15 is 0 Å². The number of oxime groups is 4. The predicted octanol–water partition coefficient (Wildman–Crippen LogP) is 0.996. The van der Waals surface area contributed by atoms with Crippen LogP contribution in [0.15, 0.2) is 20.6 Å². The SMILES string of the molecule is CC(=N/O)/C(C)=N/O.CC(=N/O)/C(C)=N/O.O.[CH3-].[Co]. The Morgan fingerprint density at radius 2 is 0.684 bits per heavy atom. The quantitative estimate of drug-likeness (QED) is 0.258. The van der Waals surface area contributed by atoms with E-state index < -0.39 is 0 Å². The number of rotatable bonds is 2. The maximum absolute atomic E-state index is 8.03. The van der Waals surface area contributed by atoms with Crippen molar-refractivity contribution in [2.24, 2.45) is 20.6 Å². The average Bonchev–Trinajstić information content (AvgIpc) is 2.35. The minimum Gasteiger partial charge on any atom is -0.412 e. The molecule has 0 fully saturated rings. The van der Waals surface area contributed by atoms with Crippen LogP contribution in [-0.4, -0.2) is 49.2 Å². The smallest absolute Gasteiger partial charge is 0.101 e. The van der Waals surface area contributed by atoms with Crippen LogP contribution < -0.4 is 0 Å². The molecule has 19 heavy (non-hydrogen) atoms. The van der Waals surface area contributed by atoms with E-state index in [0.29, 0.717) is 22.8 Å². The maximum Gasteiger partial charge on any atom is 0.101 e. The Morgan fingerprint density at radius 1 is 0.579 bits per heavy atom. The molecule has 0 unspecified atom stereocenters. The fourth-order valence-electron chi connectivity index (χ4n) is 0.289. The van der Waals surface area contributed by atoms with Gasteiger partial charge in [0.25, 0.3) is 0 Å². The van der Waals surface area contributed by atoms with Gasteiger partial charge in [0.1, 0.15) is 22.8 Å². The molecule has 0 saturated heterocycles. The molecule has 6 N–H and O–H groups in total. The van der Waals surface area contributed by atoms with Crippen LogP contribution in [0.25, 0.3) is 0 Å². The molecule has 1 radical (unpaired) electrons. The molecular weight excluding hydrogens is 303 g/mol. The largest absolute Gasteiger partial charge is 0.412 e. The van der Waals surface area contributed by atoms with Crippen LogP contribution >= 0.6 is 0 Å². The standard InChI is InChI=1S/2C4H8N2O2.CH3.Co.H2O/c2*1-3(5-7)4(2)6-8;;;/h2*7-8H,1-2H3;1H3;;1H2/q;;-1;;/b2*5-3-,6-4+;;;. The van der Waals surface area contributed by atoms with E-state index in [4.69, 9.17) is 20.8 Å². The van der Waals surface area contributed by atoms with Crippen molar-refractivity contribution in [3.05, 3.63) is 7.43 Å². The summed E-state index contributed by atoms with van der Waals surface area (Å²) in [7, 11) is 0. The van der Waals surface area contributed by atoms with Gasteiger partial charge in [0.2, 0.25) is 0 Å². The summed E-state index contributed by atoms with van der Waals surface area (Å²) in [6.07, 6.45) is 0. The number of hydrogen-bond donors (Lipinski definition) is 4. The van der Waals surface area contributed by atoms with Gasteiger partial charge in [0, 0.05) is 16.8 Å². The van der Waals surface area contributed by atoms with Crippen LogP contribution in [0.1, 0.15) is 27.7 Å². The van der Waals surface area contributed by atoms with Gasteiger partial charge in [0.05, 0.1) is 0 Å². The van der Waals surface area contributed by atoms with Crippen molar-refractivity contribution in [2.75, 3.05) is 0 Å². The van der Waals surface area contributed by atoms with Crippen molar-refractivity contribution < 1.29 is 43.1 Å². The molecule has 0 aromatic rings. The van der Waals surface area contributed by atoms with Gasteiger partial charge >= 0.3 is 0 Å². The minimum atomic E-state index is 0. The summed E-state index contributed by atoms with van der Waals surface area (Å²) in [6.45, 7) is 6.15. The molecule has 0 bridgehead atoms. The fraction of sp³-hybridized carbons (Fsp3) is 0.444. The van der Waals surface area contributed by atoms with Crippen molar-refractivity contribution in [1.29, 1.82) is 0 Å². The topological polar surface area (TPSA) is 162 Å². The molecule has 0 aromatic heterocycles. The van der Waals surface area contributed by atoms with Crippen molar-refractivity contribution in [1.82, 2.24) is 0 Å². The van der Waals surface area contributed by atoms with Crippen LogP contribution in [0.5, 0.6) is 0 Å². The Kier molecular flexibility index (Phi) is 29.9. The van der Waals surface area contributed by atoms with E-state index in [1.807, 2.05) is 0 Å². The molecule has 0 aliphatic rings. The number of nitrogens with zero attached hydrogens (tertiary/aromatic N) is 4. The van der Waals surface area contributed by atoms with Crippen molar-refractivity contribution in [3.8, 4) is 0 Å². The zero-order valence-electron chi connectivity index (χ0n) is 11.4. The first-order valence-corrected chi connectivity index (χ1v) is 4.19. The molecule has 0 heterocycles. The zero-order valence-corrected chi connectivity index (χ0v) is 12.5. The van der Waals surface area contributed by atoms with E-state index in [0.717, 1.165) is 0 Å². The molecule has 0 atom stereocenters. The molecule has 0 saturated carbocycles. The first kappa shape index (κ1) is 30.4. The Hall–Kier alpha value is -1.65. The molecule has 0 aliphatic carbocycles. The van der Waals surface area contributed by atoms with Crippen LogP contribution in [0, 0.1) is 7.43 Å². The summed E-state index contributed by atoms with van der Waals surface area (Å²) >= 11 is 0. The van der Waals surface area contributed by atoms with E-state index in [9.17, 15) is 0 Å². The van der Waals surface area contributed by atoms with E-state index in [1.165, 1.54) is 27.7 Å². The van der Waals surface area contributed by atoms with Crippen molar-refractivity contribution >= 4 is 22.8 Å². The van der Waals surface area contributed by atoms with Gasteiger partial charge in [-0.3, -0.25) is 0 Å². The Balaban J connectivity index is -0.0000000594. The normalized spacial score (nSPS) is 12.0. The Labute approximate surface area is 122 Å². The molecule has 0 rings (SSSR count). The van der Waals surface area contributed by atoms with Crippen LogP contribution in [0.4, 0.5) is 0 Å². The summed E-state index contributed by atoms with van der Waals surface area (Å²) in [4.78, 5) is 0. The van der Waals surface area contributed by atoms with E-state index in [1.54, 1.807) is 0 Å². The van der Waals surface area contributed by atoms with E-state index in [2.05, 4.69) is 20.6 Å². The van der Waals surface area contributed by atoms with Gasteiger partial charge in [-0.25, -0.2) is 0 Å². The molecule has 0 aromatic carbocycles. The molecule has 0 aliphatic heterocycles. The monoisotopic (exact) mass is 324 g/mol. The third-order valence-electron chi connectivity index (χ3n) is 1.65. The van der Waals surface area contributed by atoms with Gasteiger partial charge in [0.15, 0.2) is 0 Å². The molecular formula is C9H21CoN4O5-. The first-order valence-electron chi connectivity index (χ1n) is 4.19. The van der Waals surface area contributed by atoms with Gasteiger partial charge in [-0.2, -0.15) is 0 Å². The second-order valence-corrected chi connectivity index (χ2v) is 2.74. The van der Waals surface area contributed by atoms with Gasteiger partial charge in [-0.05, 0) is 27.7 Å². The van der Waals surface area contributed by atoms with Gasteiger partial charge < -0.3 is 33.7 Å². The predicted molar refractivity (Wildman–Crippen MR) is 69.6 cm³/mol. The van der Waals surface area contributed by atoms with E-state index in [-0.39, 0.29) is 29.7 Å². The first-order chi connectivity index (χ1) is 7.44. The third kappa shape index (κ3) is 16.3. The Morgan fingerprint density at radius 3 is 0.737 bits per heavy atom. The molecule has 9 nitrogen and oxygen atoms in total. The van der Waals surface area contributed by atoms with Gasteiger partial charge in [-0.15, -0.1) is 0 Å². The van der Waals surface area contributed by atoms with Crippen molar-refractivity contribution in [2.45, 2.75) is 27.7 Å². The molecule has 10 heteroatoms. The second kappa shape index (κ2) is 18.7. The molecule has 117 valence electrons. The summed E-state index contributed by atoms with van der Waals surface area (Å²) in [5, 5.41) is 43.3. The van der Waals surface area contributed by atoms with Gasteiger partial charge in [-0.1, -0.05) is 20.6 Å². The van der Waals surface area contributed by atoms with Crippen LogP contribution in [0.3, 0.4) is 0 Å². The molecule has 0 amide bonds. The van der Waals surface area contributed by atoms with Crippen LogP contribution in [0.2, 0.25) is 0 Å². The average molecular weight is 324 g/mol. The second-order valence-electron chi connectivity index (χ2n) is 2.74. The summed E-state index contributed by atoms with van der Waals surface area (Å²) in [5.74, 6) is 0. The maximum atomic E-state index is 8.03. The summed E-state index contributed by atoms with van der Waals surface area (Å²) in [6, 6.07) is 0. The minimum absolute atomic E-state index is 0. The summed E-state index contributed by atoms with van der Waals surface area (Å²) in [5.41, 5.74) is 1.25. The third-order valence-corrected chi connectivity index (χ3v) is 1.65. The fourth-order valence-corrected chi connectivity index (χ4v) is 0.289.